The van der Waals surface area contributed by atoms with Gasteiger partial charge in [0, 0.05) is 35.4 Å². The van der Waals surface area contributed by atoms with Gasteiger partial charge in [0.1, 0.15) is 23.4 Å². The molecule has 9 rings (SSSR count). The van der Waals surface area contributed by atoms with E-state index in [-0.39, 0.29) is 35.8 Å². The van der Waals surface area contributed by atoms with Crippen LogP contribution in [0.4, 0.5) is 0 Å². The highest BCUT2D eigenvalue weighted by atomic mass is 16.9. The number of carbonyl (C=O) groups is 1. The van der Waals surface area contributed by atoms with Crippen LogP contribution in [0.2, 0.25) is 0 Å². The Labute approximate surface area is 266 Å². The fourth-order valence-corrected chi connectivity index (χ4v) is 8.95. The van der Waals surface area contributed by atoms with E-state index >= 15 is 0 Å². The van der Waals surface area contributed by atoms with Crippen LogP contribution in [0, 0.1) is 6.92 Å². The lowest BCUT2D eigenvalue weighted by Crippen LogP contribution is -2.71. The molecule has 8 atom stereocenters. The van der Waals surface area contributed by atoms with Crippen LogP contribution in [-0.2, 0) is 39.6 Å². The quantitative estimate of drug-likeness (QED) is 0.447. The van der Waals surface area contributed by atoms with E-state index in [1.807, 2.05) is 19.9 Å². The van der Waals surface area contributed by atoms with Crippen LogP contribution in [0.1, 0.15) is 79.1 Å². The molecule has 0 amide bonds. The molecule has 2 aromatic carbocycles. The first kappa shape index (κ1) is 29.6. The average Bonchev–Trinajstić information content (AvgIpc) is 3.71. The Kier molecular flexibility index (Phi) is 6.58. The molecule has 6 heterocycles. The van der Waals surface area contributed by atoms with Gasteiger partial charge in [-0.1, -0.05) is 6.92 Å². The van der Waals surface area contributed by atoms with Crippen molar-refractivity contribution in [2.45, 2.75) is 113 Å². The number of fused-ring (bicyclic) bond motifs is 8. The van der Waals surface area contributed by atoms with Gasteiger partial charge in [-0.15, -0.1) is 0 Å². The van der Waals surface area contributed by atoms with Gasteiger partial charge in [0.15, 0.2) is 18.2 Å². The third-order valence-corrected chi connectivity index (χ3v) is 11.0. The topological polar surface area (TPSA) is 136 Å². The molecule has 2 N–H and O–H groups in total. The molecule has 0 aromatic heterocycles. The number of phenolic OH excluding ortho intramolecular Hbond substituents is 1. The number of hydrogen-bond donors (Lipinski definition) is 2. The molecule has 12 nitrogen and oxygen atoms in total. The Balaban J connectivity index is 1.24. The lowest BCUT2D eigenvalue weighted by atomic mass is 9.78. The molecule has 4 unspecified atom stereocenters. The molecule has 12 heteroatoms. The van der Waals surface area contributed by atoms with Crippen molar-refractivity contribution in [2.75, 3.05) is 33.5 Å². The summed E-state index contributed by atoms with van der Waals surface area (Å²) in [5.74, 6) is -2.31. The minimum Gasteiger partial charge on any atom is -0.506 e. The number of methoxy groups -OCH3 is 1. The van der Waals surface area contributed by atoms with Crippen LogP contribution in [0.5, 0.6) is 17.2 Å². The van der Waals surface area contributed by atoms with Crippen LogP contribution >= 0.6 is 0 Å². The fraction of sp³-hybridized carbons (Fsp3) is 0.676. The molecule has 2 aromatic rings. The Bertz CT molecular complexity index is 1620. The second kappa shape index (κ2) is 10.2. The van der Waals surface area contributed by atoms with Crippen molar-refractivity contribution in [3.05, 3.63) is 28.3 Å². The van der Waals surface area contributed by atoms with Crippen molar-refractivity contribution in [3.63, 3.8) is 0 Å². The maximum Gasteiger partial charge on any atom is 0.279 e. The highest BCUT2D eigenvalue weighted by Crippen LogP contribution is 2.72. The molecule has 2 bridgehead atoms. The number of hydrogen-bond acceptors (Lipinski definition) is 12. The summed E-state index contributed by atoms with van der Waals surface area (Å²) in [5.41, 5.74) is 1.33. The van der Waals surface area contributed by atoms with Gasteiger partial charge in [-0.3, -0.25) is 4.79 Å². The summed E-state index contributed by atoms with van der Waals surface area (Å²) in [6.07, 6.45) is 0.854. The van der Waals surface area contributed by atoms with Gasteiger partial charge < -0.3 is 53.1 Å². The van der Waals surface area contributed by atoms with Gasteiger partial charge in [0.05, 0.1) is 44.0 Å². The minimum atomic E-state index is -1.54. The molecular formula is C34H41NO11. The number of aryl methyl sites for hydroxylation is 1. The summed E-state index contributed by atoms with van der Waals surface area (Å²) < 4.78 is 58.9. The maximum absolute atomic E-state index is 13.3. The number of aromatic hydroxyl groups is 1. The monoisotopic (exact) mass is 639 g/mol. The number of ketones is 1. The second-order valence-corrected chi connectivity index (χ2v) is 13.6. The lowest BCUT2D eigenvalue weighted by Gasteiger charge is -2.51. The molecule has 0 radical (unpaired) electrons. The Morgan fingerprint density at radius 1 is 1.13 bits per heavy atom. The predicted molar refractivity (Wildman–Crippen MR) is 160 cm³/mol. The van der Waals surface area contributed by atoms with Gasteiger partial charge in [-0.05, 0) is 57.7 Å². The van der Waals surface area contributed by atoms with Crippen LogP contribution in [0.3, 0.4) is 0 Å². The van der Waals surface area contributed by atoms with Crippen molar-refractivity contribution in [2.24, 2.45) is 0 Å². The first-order chi connectivity index (χ1) is 22.3. The third kappa shape index (κ3) is 3.64. The van der Waals surface area contributed by atoms with Gasteiger partial charge in [-0.25, -0.2) is 0 Å². The fourth-order valence-electron chi connectivity index (χ4n) is 8.95. The number of phenols is 1. The highest BCUT2D eigenvalue weighted by molar-refractivity contribution is 6.11. The zero-order valence-corrected chi connectivity index (χ0v) is 26.6. The molecule has 5 fully saturated rings. The number of benzene rings is 2. The smallest absolute Gasteiger partial charge is 0.279 e. The third-order valence-electron chi connectivity index (χ3n) is 11.0. The van der Waals surface area contributed by atoms with Crippen LogP contribution in [-0.4, -0.2) is 92.4 Å². The van der Waals surface area contributed by atoms with E-state index in [4.69, 9.17) is 42.6 Å². The summed E-state index contributed by atoms with van der Waals surface area (Å²) >= 11 is 0. The Morgan fingerprint density at radius 2 is 1.93 bits per heavy atom. The van der Waals surface area contributed by atoms with Gasteiger partial charge in [-0.2, -0.15) is 0 Å². The standard InChI is InChI=1S/C34H41NO11/c1-5-35-20-10-11-22(42-17(20)3)43-33-30-29(45-34(46-30,32(33)15-41-32)31-39-12-7-13-40-31)23-16(2)14-19-25(28(23)44-33)26(37)24-18(27(19)38-4)8-6-9-21(24)36/h14,17,20,22,29-31,35,37H,5-13,15H2,1-4H3/t17?,20-,22+,29?,30?,32+,33-,34?/m1/s1. The predicted octanol–water partition coefficient (Wildman–Crippen LogP) is 3.69. The molecule has 1 aliphatic carbocycles. The van der Waals surface area contributed by atoms with Crippen molar-refractivity contribution in [1.29, 1.82) is 0 Å². The van der Waals surface area contributed by atoms with Crippen molar-refractivity contribution >= 4 is 16.6 Å². The molecule has 248 valence electrons. The maximum atomic E-state index is 13.3. The normalized spacial score (nSPS) is 39.4. The van der Waals surface area contributed by atoms with E-state index in [1.165, 1.54) is 0 Å². The second-order valence-electron chi connectivity index (χ2n) is 13.6. The number of epoxide rings is 1. The number of likely N-dealkylation sites (N-methyl/N-ethyl adjacent to an activating group) is 1. The Hall–Kier alpha value is -2.55. The van der Waals surface area contributed by atoms with Crippen LogP contribution in [0.25, 0.3) is 10.8 Å². The zero-order valence-electron chi connectivity index (χ0n) is 26.6. The number of nitrogens with one attached hydrogen (secondary N) is 1. The number of Topliss-reactive ketones (excluding diaryl/α,β-unsaturated/α-hetero) is 1. The van der Waals surface area contributed by atoms with Crippen LogP contribution < -0.4 is 14.8 Å². The molecular weight excluding hydrogens is 598 g/mol. The number of carbonyl (C=O) groups excluding carboxylic acids is 1. The summed E-state index contributed by atoms with van der Waals surface area (Å²) in [6, 6.07) is 2.17. The molecule has 1 spiro atoms. The lowest BCUT2D eigenvalue weighted by molar-refractivity contribution is -0.385. The molecule has 7 aliphatic rings. The van der Waals surface area contributed by atoms with Gasteiger partial charge >= 0.3 is 0 Å². The summed E-state index contributed by atoms with van der Waals surface area (Å²) in [7, 11) is 1.59. The largest absolute Gasteiger partial charge is 0.506 e. The van der Waals surface area contributed by atoms with Gasteiger partial charge in [0.25, 0.3) is 11.6 Å². The van der Waals surface area contributed by atoms with Crippen molar-refractivity contribution in [3.8, 4) is 17.2 Å². The number of ether oxygens (including phenoxy) is 9. The first-order valence-electron chi connectivity index (χ1n) is 16.7. The van der Waals surface area contributed by atoms with E-state index < -0.39 is 42.0 Å². The van der Waals surface area contributed by atoms with E-state index in [1.54, 1.807) is 7.11 Å². The van der Waals surface area contributed by atoms with E-state index in [9.17, 15) is 9.90 Å². The molecule has 0 saturated carbocycles. The van der Waals surface area contributed by atoms with E-state index in [0.717, 1.165) is 30.5 Å². The minimum absolute atomic E-state index is 0.110. The zero-order chi connectivity index (χ0) is 31.6. The first-order valence-corrected chi connectivity index (χ1v) is 16.7. The Morgan fingerprint density at radius 3 is 2.65 bits per heavy atom. The molecule has 5 saturated heterocycles. The van der Waals surface area contributed by atoms with E-state index in [0.29, 0.717) is 66.7 Å². The molecule has 6 aliphatic heterocycles. The van der Waals surface area contributed by atoms with Crippen molar-refractivity contribution in [1.82, 2.24) is 5.32 Å². The van der Waals surface area contributed by atoms with Gasteiger partial charge in [0.2, 0.25) is 11.9 Å². The summed E-state index contributed by atoms with van der Waals surface area (Å²) in [6.45, 7) is 8.12. The van der Waals surface area contributed by atoms with Crippen molar-refractivity contribution < 1.29 is 52.5 Å². The SMILES string of the molecule is CCN[C@@H]1CC[C@H](O[C@@]23Oc4c(c(C)cc5c(OC)c6c(c(O)c45)C(=O)CCC6)C4OC(C5OCCCO5)(OC42)[C@]32CO2)OC1C. The summed E-state index contributed by atoms with van der Waals surface area (Å²) in [5, 5.41) is 16.5. The van der Waals surface area contributed by atoms with E-state index in [2.05, 4.69) is 12.2 Å². The number of rotatable bonds is 6. The summed E-state index contributed by atoms with van der Waals surface area (Å²) in [4.78, 5) is 13.3. The average molecular weight is 640 g/mol. The highest BCUT2D eigenvalue weighted by Gasteiger charge is 2.94. The molecule has 46 heavy (non-hydrogen) atoms. The van der Waals surface area contributed by atoms with Crippen LogP contribution in [0.15, 0.2) is 6.07 Å².